The zero-order chi connectivity index (χ0) is 26.0. The van der Waals surface area contributed by atoms with Crippen LogP contribution in [0.5, 0.6) is 5.75 Å². The lowest BCUT2D eigenvalue weighted by molar-refractivity contribution is 0.0989. The molecule has 0 fully saturated rings. The highest BCUT2D eigenvalue weighted by Crippen LogP contribution is 2.34. The van der Waals surface area contributed by atoms with E-state index in [1.54, 1.807) is 19.1 Å². The molecule has 6 nitrogen and oxygen atoms in total. The summed E-state index contributed by atoms with van der Waals surface area (Å²) in [4.78, 5) is 22.0. The number of rotatable bonds is 6. The van der Waals surface area contributed by atoms with Crippen molar-refractivity contribution in [3.63, 3.8) is 0 Å². The van der Waals surface area contributed by atoms with Crippen molar-refractivity contribution in [2.24, 2.45) is 0 Å². The van der Waals surface area contributed by atoms with E-state index >= 15 is 0 Å². The standard InChI is InChI=1S/C30H33N3O3/c1-30(2,3)22-13-11-20(12-14-22)28-31-26(27(36-28)21-9-8-10-24(19-21)32(4)5)29(34)33(6)23-15-17-25(35-7)18-16-23/h8-19H,1-7H3. The summed E-state index contributed by atoms with van der Waals surface area (Å²) in [7, 11) is 7.30. The van der Waals surface area contributed by atoms with Gasteiger partial charge in [-0.1, -0.05) is 45.0 Å². The average molecular weight is 484 g/mol. The second-order valence-electron chi connectivity index (χ2n) is 10.0. The van der Waals surface area contributed by atoms with Gasteiger partial charge in [0.25, 0.3) is 5.91 Å². The molecule has 0 spiro atoms. The molecule has 0 saturated heterocycles. The van der Waals surface area contributed by atoms with Crippen LogP contribution in [-0.4, -0.2) is 39.1 Å². The summed E-state index contributed by atoms with van der Waals surface area (Å²) in [5, 5.41) is 0. The Bertz CT molecular complexity index is 1350. The molecule has 3 aromatic carbocycles. The van der Waals surface area contributed by atoms with E-state index < -0.39 is 0 Å². The molecule has 4 rings (SSSR count). The third-order valence-electron chi connectivity index (χ3n) is 6.22. The van der Waals surface area contributed by atoms with Gasteiger partial charge in [-0.15, -0.1) is 0 Å². The van der Waals surface area contributed by atoms with Crippen LogP contribution >= 0.6 is 0 Å². The number of ether oxygens (including phenoxy) is 1. The van der Waals surface area contributed by atoms with Gasteiger partial charge in [0.15, 0.2) is 11.5 Å². The third-order valence-corrected chi connectivity index (χ3v) is 6.22. The van der Waals surface area contributed by atoms with Crippen LogP contribution in [0.1, 0.15) is 36.8 Å². The molecule has 0 aliphatic rings. The van der Waals surface area contributed by atoms with E-state index in [9.17, 15) is 4.79 Å². The molecule has 0 N–H and O–H groups in total. The molecule has 0 aliphatic carbocycles. The first-order valence-electron chi connectivity index (χ1n) is 11.9. The topological polar surface area (TPSA) is 58.8 Å². The molecule has 36 heavy (non-hydrogen) atoms. The molecule has 0 unspecified atom stereocenters. The van der Waals surface area contributed by atoms with Crippen LogP contribution in [0, 0.1) is 0 Å². The third kappa shape index (κ3) is 5.13. The minimum Gasteiger partial charge on any atom is -0.497 e. The molecule has 1 heterocycles. The number of carbonyl (C=O) groups excluding carboxylic acids is 1. The van der Waals surface area contributed by atoms with Crippen molar-refractivity contribution in [1.82, 2.24) is 4.98 Å². The van der Waals surface area contributed by atoms with Crippen LogP contribution < -0.4 is 14.5 Å². The zero-order valence-electron chi connectivity index (χ0n) is 22.0. The van der Waals surface area contributed by atoms with Crippen LogP contribution in [0.2, 0.25) is 0 Å². The highest BCUT2D eigenvalue weighted by atomic mass is 16.5. The van der Waals surface area contributed by atoms with E-state index in [0.717, 1.165) is 28.3 Å². The highest BCUT2D eigenvalue weighted by Gasteiger charge is 2.26. The first-order chi connectivity index (χ1) is 17.1. The molecule has 0 aliphatic heterocycles. The molecular formula is C30H33N3O3. The molecule has 6 heteroatoms. The molecule has 0 atom stereocenters. The lowest BCUT2D eigenvalue weighted by Crippen LogP contribution is -2.27. The first-order valence-corrected chi connectivity index (χ1v) is 11.9. The van der Waals surface area contributed by atoms with Gasteiger partial charge in [0, 0.05) is 43.6 Å². The maximum absolute atomic E-state index is 13.7. The van der Waals surface area contributed by atoms with E-state index in [4.69, 9.17) is 14.1 Å². The normalized spacial score (nSPS) is 11.3. The Morgan fingerprint density at radius 1 is 0.861 bits per heavy atom. The second-order valence-corrected chi connectivity index (χ2v) is 10.0. The van der Waals surface area contributed by atoms with Crippen molar-refractivity contribution < 1.29 is 13.9 Å². The fourth-order valence-corrected chi connectivity index (χ4v) is 3.90. The Morgan fingerprint density at radius 3 is 2.11 bits per heavy atom. The van der Waals surface area contributed by atoms with Gasteiger partial charge in [-0.25, -0.2) is 4.98 Å². The van der Waals surface area contributed by atoms with Gasteiger partial charge in [-0.05, 0) is 59.5 Å². The van der Waals surface area contributed by atoms with E-state index in [0.29, 0.717) is 11.7 Å². The lowest BCUT2D eigenvalue weighted by Gasteiger charge is -2.18. The Labute approximate surface area is 213 Å². The summed E-state index contributed by atoms with van der Waals surface area (Å²) >= 11 is 0. The number of amides is 1. The number of hydrogen-bond acceptors (Lipinski definition) is 5. The second kappa shape index (κ2) is 9.90. The number of nitrogens with zero attached hydrogens (tertiary/aromatic N) is 3. The van der Waals surface area contributed by atoms with Crippen molar-refractivity contribution in [1.29, 1.82) is 0 Å². The van der Waals surface area contributed by atoms with Gasteiger partial charge in [-0.3, -0.25) is 4.79 Å². The number of methoxy groups -OCH3 is 1. The number of aromatic nitrogens is 1. The van der Waals surface area contributed by atoms with Crippen molar-refractivity contribution >= 4 is 17.3 Å². The monoisotopic (exact) mass is 483 g/mol. The van der Waals surface area contributed by atoms with Gasteiger partial charge < -0.3 is 19.0 Å². The summed E-state index contributed by atoms with van der Waals surface area (Å²) in [6, 6.07) is 23.4. The van der Waals surface area contributed by atoms with Gasteiger partial charge >= 0.3 is 0 Å². The minimum absolute atomic E-state index is 0.0368. The molecule has 4 aromatic rings. The van der Waals surface area contributed by atoms with Crippen molar-refractivity contribution in [2.75, 3.05) is 38.1 Å². The van der Waals surface area contributed by atoms with Crippen LogP contribution in [0.25, 0.3) is 22.8 Å². The van der Waals surface area contributed by atoms with Gasteiger partial charge in [0.1, 0.15) is 5.75 Å². The van der Waals surface area contributed by atoms with Gasteiger partial charge in [0.2, 0.25) is 5.89 Å². The first kappa shape index (κ1) is 25.0. The molecule has 0 saturated carbocycles. The summed E-state index contributed by atoms with van der Waals surface area (Å²) in [6.45, 7) is 6.53. The number of benzene rings is 3. The zero-order valence-corrected chi connectivity index (χ0v) is 22.0. The lowest BCUT2D eigenvalue weighted by atomic mass is 9.87. The van der Waals surface area contributed by atoms with Crippen molar-refractivity contribution in [2.45, 2.75) is 26.2 Å². The Morgan fingerprint density at radius 2 is 1.53 bits per heavy atom. The summed E-state index contributed by atoms with van der Waals surface area (Å²) < 4.78 is 11.5. The Hall–Kier alpha value is -4.06. The molecule has 1 amide bonds. The number of hydrogen-bond donors (Lipinski definition) is 0. The number of oxazole rings is 1. The number of carbonyl (C=O) groups is 1. The molecule has 186 valence electrons. The van der Waals surface area contributed by atoms with Gasteiger partial charge in [-0.2, -0.15) is 0 Å². The summed E-state index contributed by atoms with van der Waals surface area (Å²) in [5.41, 5.74) is 4.85. The van der Waals surface area contributed by atoms with Crippen LogP contribution in [0.15, 0.2) is 77.2 Å². The van der Waals surface area contributed by atoms with E-state index in [1.165, 1.54) is 5.56 Å². The fraction of sp³-hybridized carbons (Fsp3) is 0.267. The molecule has 0 bridgehead atoms. The predicted octanol–water partition coefficient (Wildman–Crippen LogP) is 6.66. The Kier molecular flexibility index (Phi) is 6.88. The fourth-order valence-electron chi connectivity index (χ4n) is 3.90. The maximum atomic E-state index is 13.7. The molecular weight excluding hydrogens is 450 g/mol. The summed E-state index contributed by atoms with van der Waals surface area (Å²) in [6.07, 6.45) is 0. The van der Waals surface area contributed by atoms with E-state index in [-0.39, 0.29) is 17.0 Å². The smallest absolute Gasteiger partial charge is 0.280 e. The Balaban J connectivity index is 1.79. The summed E-state index contributed by atoms with van der Waals surface area (Å²) in [5.74, 6) is 1.32. The largest absolute Gasteiger partial charge is 0.497 e. The SMILES string of the molecule is COc1ccc(N(C)C(=O)c2nc(-c3ccc(C(C)(C)C)cc3)oc2-c2cccc(N(C)C)c2)cc1. The van der Waals surface area contributed by atoms with Gasteiger partial charge in [0.05, 0.1) is 7.11 Å². The predicted molar refractivity (Wildman–Crippen MR) is 146 cm³/mol. The average Bonchev–Trinajstić information content (AvgIpc) is 3.33. The number of anilines is 2. The van der Waals surface area contributed by atoms with Crippen LogP contribution in [-0.2, 0) is 5.41 Å². The van der Waals surface area contributed by atoms with Crippen LogP contribution in [0.3, 0.4) is 0 Å². The quantitative estimate of drug-likeness (QED) is 0.307. The molecule has 1 aromatic heterocycles. The highest BCUT2D eigenvalue weighted by molar-refractivity contribution is 6.08. The van der Waals surface area contributed by atoms with E-state index in [1.807, 2.05) is 79.7 Å². The van der Waals surface area contributed by atoms with E-state index in [2.05, 4.69) is 32.9 Å². The minimum atomic E-state index is -0.258. The van der Waals surface area contributed by atoms with Crippen molar-refractivity contribution in [3.8, 4) is 28.5 Å². The van der Waals surface area contributed by atoms with Crippen LogP contribution in [0.4, 0.5) is 11.4 Å². The van der Waals surface area contributed by atoms with Crippen molar-refractivity contribution in [3.05, 3.63) is 84.1 Å². The molecule has 0 radical (unpaired) electrons. The maximum Gasteiger partial charge on any atom is 0.280 e.